The van der Waals surface area contributed by atoms with Crippen LogP contribution in [0.2, 0.25) is 0 Å². The lowest BCUT2D eigenvalue weighted by atomic mass is 9.92. The Morgan fingerprint density at radius 2 is 2.21 bits per heavy atom. The third kappa shape index (κ3) is 5.53. The second-order valence-corrected chi connectivity index (χ2v) is 8.72. The molecule has 5 heteroatoms. The van der Waals surface area contributed by atoms with Crippen LogP contribution >= 0.6 is 0 Å². The number of hydrogen-bond donors (Lipinski definition) is 2. The van der Waals surface area contributed by atoms with Gasteiger partial charge in [0.05, 0.1) is 17.6 Å². The van der Waals surface area contributed by atoms with E-state index in [4.69, 9.17) is 0 Å². The number of rotatable bonds is 9. The molecule has 3 unspecified atom stereocenters. The molecule has 3 aliphatic carbocycles. The number of unbranched alkanes of at least 4 members (excludes halogenated alkanes) is 1. The first-order valence-electron chi connectivity index (χ1n) is 11.1. The molecule has 1 saturated carbocycles. The van der Waals surface area contributed by atoms with E-state index in [1.165, 1.54) is 12.0 Å². The first-order valence-corrected chi connectivity index (χ1v) is 11.1. The smallest absolute Gasteiger partial charge is 0.220 e. The Labute approximate surface area is 169 Å². The van der Waals surface area contributed by atoms with Crippen LogP contribution in [0.3, 0.4) is 0 Å². The molecule has 0 bridgehead atoms. The summed E-state index contributed by atoms with van der Waals surface area (Å²) in [6, 6.07) is 0.0513. The number of nitrogens with one attached hydrogen (secondary N) is 2. The highest BCUT2D eigenvalue weighted by Gasteiger charge is 2.53. The Bertz CT molecular complexity index is 654. The zero-order valence-corrected chi connectivity index (χ0v) is 17.5. The van der Waals surface area contributed by atoms with Crippen molar-refractivity contribution in [2.24, 2.45) is 16.3 Å². The largest absolute Gasteiger partial charge is 0.348 e. The number of halogens is 1. The van der Waals surface area contributed by atoms with E-state index in [1.807, 2.05) is 6.92 Å². The molecule has 0 aliphatic heterocycles. The molecule has 0 saturated heterocycles. The Kier molecular flexibility index (Phi) is 7.44. The van der Waals surface area contributed by atoms with Crippen LogP contribution in [0.1, 0.15) is 71.6 Å². The van der Waals surface area contributed by atoms with Crippen molar-refractivity contribution in [3.05, 3.63) is 23.6 Å². The summed E-state index contributed by atoms with van der Waals surface area (Å²) in [7, 11) is 0. The van der Waals surface area contributed by atoms with E-state index in [2.05, 4.69) is 28.6 Å². The van der Waals surface area contributed by atoms with Gasteiger partial charge in [-0.2, -0.15) is 0 Å². The van der Waals surface area contributed by atoms with Gasteiger partial charge in [-0.15, -0.1) is 0 Å². The highest BCUT2D eigenvalue weighted by Crippen LogP contribution is 2.59. The second-order valence-electron chi connectivity index (χ2n) is 8.72. The van der Waals surface area contributed by atoms with E-state index in [-0.39, 0.29) is 17.8 Å². The summed E-state index contributed by atoms with van der Waals surface area (Å²) in [5.41, 5.74) is 2.69. The maximum absolute atomic E-state index is 13.5. The second kappa shape index (κ2) is 9.82. The van der Waals surface area contributed by atoms with Gasteiger partial charge >= 0.3 is 0 Å². The number of allylic oxidation sites excluding steroid dienone is 2. The Balaban J connectivity index is 1.49. The van der Waals surface area contributed by atoms with Crippen molar-refractivity contribution in [2.75, 3.05) is 19.6 Å². The zero-order chi connectivity index (χ0) is 20.0. The molecule has 156 valence electrons. The fourth-order valence-corrected chi connectivity index (χ4v) is 4.68. The average molecular weight is 390 g/mol. The molecule has 4 nitrogen and oxygen atoms in total. The third-order valence-corrected chi connectivity index (χ3v) is 6.57. The molecule has 0 aromatic rings. The lowest BCUT2D eigenvalue weighted by Gasteiger charge is -2.26. The van der Waals surface area contributed by atoms with Crippen molar-refractivity contribution in [3.8, 4) is 0 Å². The molecule has 3 atom stereocenters. The maximum Gasteiger partial charge on any atom is 0.220 e. The van der Waals surface area contributed by atoms with Gasteiger partial charge in [0.1, 0.15) is 0 Å². The topological polar surface area (TPSA) is 53.5 Å². The molecule has 0 aromatic heterocycles. The Morgan fingerprint density at radius 3 is 3.00 bits per heavy atom. The Hall–Kier alpha value is -1.49. The van der Waals surface area contributed by atoms with E-state index in [9.17, 15) is 9.18 Å². The van der Waals surface area contributed by atoms with Crippen molar-refractivity contribution in [1.82, 2.24) is 10.6 Å². The molecule has 1 fully saturated rings. The van der Waals surface area contributed by atoms with Crippen molar-refractivity contribution in [3.63, 3.8) is 0 Å². The number of carbonyl (C=O) groups is 1. The summed E-state index contributed by atoms with van der Waals surface area (Å²) in [5, 5.41) is 6.80. The van der Waals surface area contributed by atoms with Gasteiger partial charge in [0.25, 0.3) is 0 Å². The normalized spacial score (nSPS) is 30.9. The van der Waals surface area contributed by atoms with Crippen LogP contribution in [0.15, 0.2) is 28.5 Å². The van der Waals surface area contributed by atoms with Crippen molar-refractivity contribution in [2.45, 2.75) is 77.7 Å². The number of fused-ring (bicyclic) bond motifs is 1. The quantitative estimate of drug-likeness (QED) is 0.611. The monoisotopic (exact) mass is 389 g/mol. The van der Waals surface area contributed by atoms with Crippen LogP contribution in [-0.2, 0) is 4.79 Å². The van der Waals surface area contributed by atoms with Crippen LogP contribution in [0.5, 0.6) is 0 Å². The van der Waals surface area contributed by atoms with Crippen molar-refractivity contribution < 1.29 is 9.18 Å². The van der Waals surface area contributed by atoms with E-state index in [1.54, 1.807) is 6.08 Å². The van der Waals surface area contributed by atoms with Gasteiger partial charge in [0.2, 0.25) is 5.91 Å². The summed E-state index contributed by atoms with van der Waals surface area (Å²) >= 11 is 0. The molecule has 0 aromatic carbocycles. The molecule has 0 radical (unpaired) electrons. The Morgan fingerprint density at radius 1 is 1.36 bits per heavy atom. The summed E-state index contributed by atoms with van der Waals surface area (Å²) in [6.45, 7) is 6.72. The summed E-state index contributed by atoms with van der Waals surface area (Å²) in [6.07, 6.45) is 12.2. The van der Waals surface area contributed by atoms with Gasteiger partial charge in [0, 0.05) is 26.1 Å². The highest BCUT2D eigenvalue weighted by molar-refractivity contribution is 6.02. The average Bonchev–Trinajstić information content (AvgIpc) is 3.40. The van der Waals surface area contributed by atoms with Gasteiger partial charge in [-0.05, 0) is 69.3 Å². The van der Waals surface area contributed by atoms with Crippen LogP contribution in [0, 0.1) is 11.3 Å². The number of aliphatic imine (C=N–C) groups is 1. The SMILES string of the molecule is CCCCC(=O)NC1CCC(CNCC23CCC(F)=CCC2C3)=CC1=NCC. The predicted molar refractivity (Wildman–Crippen MR) is 113 cm³/mol. The number of carbonyl (C=O) groups excluding carboxylic acids is 1. The van der Waals surface area contributed by atoms with Crippen LogP contribution < -0.4 is 10.6 Å². The lowest BCUT2D eigenvalue weighted by molar-refractivity contribution is -0.121. The number of hydrogen-bond acceptors (Lipinski definition) is 3. The first-order chi connectivity index (χ1) is 13.6. The molecule has 0 heterocycles. The minimum Gasteiger partial charge on any atom is -0.348 e. The molecule has 3 rings (SSSR count). The molecule has 3 aliphatic rings. The molecular formula is C23H36FN3O. The highest BCUT2D eigenvalue weighted by atomic mass is 19.1. The predicted octanol–water partition coefficient (Wildman–Crippen LogP) is 4.48. The van der Waals surface area contributed by atoms with Gasteiger partial charge < -0.3 is 10.6 Å². The van der Waals surface area contributed by atoms with Gasteiger partial charge in [0.15, 0.2) is 0 Å². The minimum absolute atomic E-state index is 0.0513. The fraction of sp³-hybridized carbons (Fsp3) is 0.739. The molecule has 0 spiro atoms. The summed E-state index contributed by atoms with van der Waals surface area (Å²) in [4.78, 5) is 16.7. The van der Waals surface area contributed by atoms with Crippen molar-refractivity contribution in [1.29, 1.82) is 0 Å². The van der Waals surface area contributed by atoms with E-state index >= 15 is 0 Å². The van der Waals surface area contributed by atoms with Gasteiger partial charge in [-0.3, -0.25) is 9.79 Å². The molecular weight excluding hydrogens is 353 g/mol. The van der Waals surface area contributed by atoms with Crippen LogP contribution in [-0.4, -0.2) is 37.3 Å². The maximum atomic E-state index is 13.5. The van der Waals surface area contributed by atoms with E-state index in [0.717, 1.165) is 63.9 Å². The molecule has 1 amide bonds. The molecule has 2 N–H and O–H groups in total. The molecule has 28 heavy (non-hydrogen) atoms. The standard InChI is InChI=1S/C23H36FN3O/c1-3-5-6-22(28)27-20-10-7-17(13-21(20)26-4-2)15-25-16-23-12-11-19(24)9-8-18(23)14-23/h9,13,18,20,25H,3-8,10-12,14-16H2,1-2H3,(H,27,28). The van der Waals surface area contributed by atoms with Crippen LogP contribution in [0.4, 0.5) is 4.39 Å². The van der Waals surface area contributed by atoms with E-state index < -0.39 is 0 Å². The number of amides is 1. The van der Waals surface area contributed by atoms with E-state index in [0.29, 0.717) is 24.2 Å². The van der Waals surface area contributed by atoms with Gasteiger partial charge in [-0.25, -0.2) is 4.39 Å². The van der Waals surface area contributed by atoms with Crippen LogP contribution in [0.25, 0.3) is 0 Å². The zero-order valence-electron chi connectivity index (χ0n) is 17.5. The lowest BCUT2D eigenvalue weighted by Crippen LogP contribution is -2.42. The summed E-state index contributed by atoms with van der Waals surface area (Å²) < 4.78 is 13.5. The summed E-state index contributed by atoms with van der Waals surface area (Å²) in [5.74, 6) is 0.876. The first kappa shape index (κ1) is 21.2. The van der Waals surface area contributed by atoms with Gasteiger partial charge in [-0.1, -0.05) is 25.0 Å². The number of nitrogens with zero attached hydrogens (tertiary/aromatic N) is 1. The fourth-order valence-electron chi connectivity index (χ4n) is 4.68. The minimum atomic E-state index is 0.0513. The third-order valence-electron chi connectivity index (χ3n) is 6.57. The van der Waals surface area contributed by atoms with Crippen molar-refractivity contribution >= 4 is 11.6 Å².